The number of benzene rings is 8. The summed E-state index contributed by atoms with van der Waals surface area (Å²) in [6, 6.07) is 72.9. The molecule has 0 N–H and O–H groups in total. The smallest absolute Gasteiger partial charge is 0.135 e. The lowest BCUT2D eigenvalue weighted by molar-refractivity contribution is 0.434. The van der Waals surface area contributed by atoms with E-state index in [9.17, 15) is 0 Å². The minimum atomic E-state index is -0.560. The lowest BCUT2D eigenvalue weighted by atomic mass is 9.63. The Bertz CT molecular complexity index is 2700. The summed E-state index contributed by atoms with van der Waals surface area (Å²) in [6.45, 7) is 0. The maximum atomic E-state index is 6.77. The monoisotopic (exact) mass is 678 g/mol. The molecule has 0 unspecified atom stereocenters. The SMILES string of the molecule is c1ccc(-c2cccc3cccc(-c4ccccc4-c4ccc(-c5ccc6c(c5)Oc5ccccc5C6(c5ccccc5)c5ccccc5)o4)c23)cc1. The minimum Gasteiger partial charge on any atom is -0.457 e. The maximum absolute atomic E-state index is 6.77. The van der Waals surface area contributed by atoms with Crippen LogP contribution >= 0.6 is 0 Å². The van der Waals surface area contributed by atoms with Crippen LogP contribution in [0.2, 0.25) is 0 Å². The summed E-state index contributed by atoms with van der Waals surface area (Å²) in [5.41, 5.74) is 10.8. The van der Waals surface area contributed by atoms with E-state index in [1.165, 1.54) is 38.6 Å². The molecule has 0 bridgehead atoms. The molecule has 1 aromatic heterocycles. The number of furan rings is 1. The van der Waals surface area contributed by atoms with Gasteiger partial charge in [0.15, 0.2) is 0 Å². The van der Waals surface area contributed by atoms with Gasteiger partial charge in [0.25, 0.3) is 0 Å². The predicted molar refractivity (Wildman–Crippen MR) is 216 cm³/mol. The zero-order valence-electron chi connectivity index (χ0n) is 28.9. The fourth-order valence-electron chi connectivity index (χ4n) is 8.36. The molecule has 8 aromatic carbocycles. The second-order valence-electron chi connectivity index (χ2n) is 13.6. The van der Waals surface area contributed by atoms with E-state index in [-0.39, 0.29) is 0 Å². The summed E-state index contributed by atoms with van der Waals surface area (Å²) in [5.74, 6) is 3.27. The molecular weight excluding hydrogens is 645 g/mol. The predicted octanol–water partition coefficient (Wildman–Crippen LogP) is 13.6. The molecule has 0 fully saturated rings. The van der Waals surface area contributed by atoms with Crippen molar-refractivity contribution in [2.24, 2.45) is 0 Å². The first-order valence-electron chi connectivity index (χ1n) is 18.1. The van der Waals surface area contributed by atoms with Gasteiger partial charge in [0.2, 0.25) is 0 Å². The number of fused-ring (bicyclic) bond motifs is 3. The van der Waals surface area contributed by atoms with E-state index in [0.717, 1.165) is 50.8 Å². The Kier molecular flexibility index (Phi) is 7.40. The van der Waals surface area contributed by atoms with Gasteiger partial charge in [0.1, 0.15) is 23.0 Å². The molecule has 0 saturated carbocycles. The van der Waals surface area contributed by atoms with E-state index in [1.807, 2.05) is 6.07 Å². The highest BCUT2D eigenvalue weighted by molar-refractivity contribution is 6.08. The molecule has 2 heteroatoms. The van der Waals surface area contributed by atoms with Crippen LogP contribution < -0.4 is 4.74 Å². The maximum Gasteiger partial charge on any atom is 0.135 e. The van der Waals surface area contributed by atoms with Crippen LogP contribution in [0.15, 0.2) is 211 Å². The fourth-order valence-corrected chi connectivity index (χ4v) is 8.36. The molecule has 10 rings (SSSR count). The van der Waals surface area contributed by atoms with Crippen LogP contribution in [0, 0.1) is 0 Å². The van der Waals surface area contributed by atoms with E-state index in [4.69, 9.17) is 9.15 Å². The first-order valence-corrected chi connectivity index (χ1v) is 18.1. The summed E-state index contributed by atoms with van der Waals surface area (Å²) in [4.78, 5) is 0. The van der Waals surface area contributed by atoms with Gasteiger partial charge in [0, 0.05) is 22.3 Å². The van der Waals surface area contributed by atoms with Crippen molar-refractivity contribution in [2.45, 2.75) is 5.41 Å². The van der Waals surface area contributed by atoms with Gasteiger partial charge in [-0.1, -0.05) is 182 Å². The Morgan fingerprint density at radius 3 is 1.64 bits per heavy atom. The first kappa shape index (κ1) is 30.9. The molecule has 0 amide bonds. The van der Waals surface area contributed by atoms with Crippen LogP contribution in [-0.2, 0) is 5.41 Å². The molecule has 1 aliphatic heterocycles. The van der Waals surface area contributed by atoms with Crippen LogP contribution in [0.3, 0.4) is 0 Å². The molecule has 9 aromatic rings. The standard InChI is InChI=1S/C51H34O2/c1-4-16-35(17-5-1)40-26-14-18-36-19-15-27-43(50(36)40)41-24-10-11-25-42(41)47-33-32-46(52-47)37-30-31-45-49(34-37)53-48-29-13-12-28-44(48)51(45,38-20-6-2-7-21-38)39-22-8-3-9-23-39/h1-34H. The van der Waals surface area contributed by atoms with Crippen LogP contribution in [0.4, 0.5) is 0 Å². The van der Waals surface area contributed by atoms with Crippen molar-refractivity contribution in [3.63, 3.8) is 0 Å². The number of hydrogen-bond donors (Lipinski definition) is 0. The fraction of sp³-hybridized carbons (Fsp3) is 0.0196. The van der Waals surface area contributed by atoms with Gasteiger partial charge in [-0.3, -0.25) is 0 Å². The second-order valence-corrected chi connectivity index (χ2v) is 13.6. The Morgan fingerprint density at radius 1 is 0.340 bits per heavy atom. The van der Waals surface area contributed by atoms with Crippen LogP contribution in [0.1, 0.15) is 22.3 Å². The largest absolute Gasteiger partial charge is 0.457 e. The van der Waals surface area contributed by atoms with Crippen molar-refractivity contribution < 1.29 is 9.15 Å². The molecule has 0 radical (unpaired) electrons. The Morgan fingerprint density at radius 2 is 0.906 bits per heavy atom. The van der Waals surface area contributed by atoms with E-state index in [0.29, 0.717) is 0 Å². The summed E-state index contributed by atoms with van der Waals surface area (Å²) < 4.78 is 13.5. The minimum absolute atomic E-state index is 0.560. The quantitative estimate of drug-likeness (QED) is 0.175. The highest BCUT2D eigenvalue weighted by atomic mass is 16.5. The zero-order chi connectivity index (χ0) is 35.2. The van der Waals surface area contributed by atoms with Crippen LogP contribution in [0.25, 0.3) is 55.7 Å². The molecule has 2 nitrogen and oxygen atoms in total. The number of hydrogen-bond acceptors (Lipinski definition) is 2. The van der Waals surface area contributed by atoms with Crippen molar-refractivity contribution in [1.82, 2.24) is 0 Å². The number of para-hydroxylation sites is 1. The lowest BCUT2D eigenvalue weighted by Gasteiger charge is -2.41. The number of rotatable bonds is 6. The summed E-state index contributed by atoms with van der Waals surface area (Å²) in [7, 11) is 0. The van der Waals surface area contributed by atoms with Crippen LogP contribution in [0.5, 0.6) is 11.5 Å². The van der Waals surface area contributed by atoms with Crippen LogP contribution in [-0.4, -0.2) is 0 Å². The highest BCUT2D eigenvalue weighted by Gasteiger charge is 2.45. The topological polar surface area (TPSA) is 22.4 Å². The van der Waals surface area contributed by atoms with Gasteiger partial charge >= 0.3 is 0 Å². The normalized spacial score (nSPS) is 12.8. The van der Waals surface area contributed by atoms with E-state index in [1.54, 1.807) is 0 Å². The molecule has 250 valence electrons. The second kappa shape index (κ2) is 12.7. The third-order valence-electron chi connectivity index (χ3n) is 10.7. The average Bonchev–Trinajstić information content (AvgIpc) is 3.74. The lowest BCUT2D eigenvalue weighted by Crippen LogP contribution is -2.34. The molecular formula is C51H34O2. The van der Waals surface area contributed by atoms with Crippen molar-refractivity contribution >= 4 is 10.8 Å². The zero-order valence-corrected chi connectivity index (χ0v) is 28.9. The summed E-state index contributed by atoms with van der Waals surface area (Å²) >= 11 is 0. The van der Waals surface area contributed by atoms with Gasteiger partial charge in [-0.25, -0.2) is 0 Å². The van der Waals surface area contributed by atoms with Gasteiger partial charge in [-0.2, -0.15) is 0 Å². The van der Waals surface area contributed by atoms with Gasteiger partial charge in [0.05, 0.1) is 5.41 Å². The molecule has 0 spiro atoms. The van der Waals surface area contributed by atoms with Gasteiger partial charge in [-0.05, 0) is 68.4 Å². The molecule has 2 heterocycles. The van der Waals surface area contributed by atoms with E-state index < -0.39 is 5.41 Å². The van der Waals surface area contributed by atoms with Crippen molar-refractivity contribution in [3.8, 4) is 56.4 Å². The molecule has 1 aliphatic rings. The average molecular weight is 679 g/mol. The first-order chi connectivity index (χ1) is 26.3. The molecule has 53 heavy (non-hydrogen) atoms. The third kappa shape index (κ3) is 5.03. The molecule has 0 aliphatic carbocycles. The Hall–Kier alpha value is -6.90. The Balaban J connectivity index is 1.10. The third-order valence-corrected chi connectivity index (χ3v) is 10.7. The van der Waals surface area contributed by atoms with Crippen molar-refractivity contribution in [3.05, 3.63) is 229 Å². The molecule has 0 saturated heterocycles. The summed E-state index contributed by atoms with van der Waals surface area (Å²) in [6.07, 6.45) is 0. The van der Waals surface area contributed by atoms with Crippen molar-refractivity contribution in [2.75, 3.05) is 0 Å². The van der Waals surface area contributed by atoms with Gasteiger partial charge in [-0.15, -0.1) is 0 Å². The van der Waals surface area contributed by atoms with E-state index >= 15 is 0 Å². The highest BCUT2D eigenvalue weighted by Crippen LogP contribution is 2.56. The van der Waals surface area contributed by atoms with Crippen molar-refractivity contribution in [1.29, 1.82) is 0 Å². The number of ether oxygens (including phenoxy) is 1. The van der Waals surface area contributed by atoms with Gasteiger partial charge < -0.3 is 9.15 Å². The Labute approximate surface area is 309 Å². The van der Waals surface area contributed by atoms with E-state index in [2.05, 4.69) is 200 Å². The molecule has 0 atom stereocenters. The summed E-state index contributed by atoms with van der Waals surface area (Å²) in [5, 5.41) is 2.43.